The zero-order chi connectivity index (χ0) is 8.10. The van der Waals surface area contributed by atoms with Gasteiger partial charge in [0.1, 0.15) is 0 Å². The highest BCUT2D eigenvalue weighted by Gasteiger charge is 2.21. The third-order valence-electron chi connectivity index (χ3n) is 1.38. The second-order valence-corrected chi connectivity index (χ2v) is 2.19. The summed E-state index contributed by atoms with van der Waals surface area (Å²) in [5.41, 5.74) is 0. The van der Waals surface area contributed by atoms with E-state index in [0.717, 1.165) is 0 Å². The van der Waals surface area contributed by atoms with E-state index in [-0.39, 0.29) is 0 Å². The number of rotatable bonds is 2. The van der Waals surface area contributed by atoms with Crippen LogP contribution in [0.25, 0.3) is 0 Å². The van der Waals surface area contributed by atoms with Crippen LogP contribution in [0.5, 0.6) is 0 Å². The molecular formula is C5H10O6. The lowest BCUT2D eigenvalue weighted by Gasteiger charge is -2.10. The van der Waals surface area contributed by atoms with Crippen LogP contribution >= 0.6 is 0 Å². The lowest BCUT2D eigenvalue weighted by molar-refractivity contribution is -0.502. The molecule has 0 amide bonds. The first kappa shape index (κ1) is 8.85. The van der Waals surface area contributed by atoms with Crippen molar-refractivity contribution >= 4 is 0 Å². The summed E-state index contributed by atoms with van der Waals surface area (Å²) >= 11 is 0. The Balaban J connectivity index is 2.27. The molecule has 0 spiro atoms. The molecular weight excluding hydrogens is 156 g/mol. The first-order chi connectivity index (χ1) is 5.36. The summed E-state index contributed by atoms with van der Waals surface area (Å²) in [5, 5.41) is 16.3. The first-order valence-electron chi connectivity index (χ1n) is 3.29. The topological polar surface area (TPSA) is 77.4 Å². The van der Waals surface area contributed by atoms with Crippen LogP contribution in [0.4, 0.5) is 0 Å². The van der Waals surface area contributed by atoms with E-state index >= 15 is 0 Å². The number of hydrogen-bond acceptors (Lipinski definition) is 6. The Bertz CT molecular complexity index is 95.1. The van der Waals surface area contributed by atoms with Crippen molar-refractivity contribution in [3.05, 3.63) is 0 Å². The van der Waals surface area contributed by atoms with Crippen molar-refractivity contribution in [1.29, 1.82) is 0 Å². The smallest absolute Gasteiger partial charge is 0.224 e. The van der Waals surface area contributed by atoms with Gasteiger partial charge in [-0.15, -0.1) is 0 Å². The van der Waals surface area contributed by atoms with E-state index in [2.05, 4.69) is 19.6 Å². The van der Waals surface area contributed by atoms with Gasteiger partial charge in [0.15, 0.2) is 0 Å². The van der Waals surface area contributed by atoms with E-state index in [4.69, 9.17) is 10.5 Å². The van der Waals surface area contributed by atoms with E-state index in [9.17, 15) is 0 Å². The van der Waals surface area contributed by atoms with E-state index < -0.39 is 12.6 Å². The van der Waals surface area contributed by atoms with Crippen molar-refractivity contribution in [2.45, 2.75) is 31.8 Å². The third kappa shape index (κ3) is 2.70. The molecule has 6 heteroatoms. The van der Waals surface area contributed by atoms with Gasteiger partial charge in [-0.05, 0) is 6.42 Å². The molecule has 66 valence electrons. The highest BCUT2D eigenvalue weighted by Crippen LogP contribution is 2.16. The van der Waals surface area contributed by atoms with Crippen molar-refractivity contribution in [3.63, 3.8) is 0 Å². The predicted molar refractivity (Wildman–Crippen MR) is 31.0 cm³/mol. The third-order valence-corrected chi connectivity index (χ3v) is 1.38. The molecule has 0 aromatic heterocycles. The van der Waals surface area contributed by atoms with Crippen LogP contribution in [0, 0.1) is 0 Å². The van der Waals surface area contributed by atoms with Crippen LogP contribution in [0.2, 0.25) is 0 Å². The lowest BCUT2D eigenvalue weighted by atomic mass is 10.2. The molecule has 1 aliphatic rings. The van der Waals surface area contributed by atoms with Crippen LogP contribution < -0.4 is 0 Å². The Morgan fingerprint density at radius 3 is 1.82 bits per heavy atom. The van der Waals surface area contributed by atoms with Crippen LogP contribution in [0.15, 0.2) is 0 Å². The zero-order valence-corrected chi connectivity index (χ0v) is 5.80. The van der Waals surface area contributed by atoms with Crippen LogP contribution in [-0.2, 0) is 19.6 Å². The van der Waals surface area contributed by atoms with Gasteiger partial charge in [0, 0.05) is 12.8 Å². The highest BCUT2D eigenvalue weighted by molar-refractivity contribution is 4.49. The average molecular weight is 166 g/mol. The van der Waals surface area contributed by atoms with E-state index in [0.29, 0.717) is 19.3 Å². The average Bonchev–Trinajstić information content (AvgIpc) is 2.28. The molecule has 1 aliphatic heterocycles. The molecule has 0 bridgehead atoms. The Morgan fingerprint density at radius 2 is 1.45 bits per heavy atom. The minimum Gasteiger partial charge on any atom is -0.249 e. The van der Waals surface area contributed by atoms with Crippen molar-refractivity contribution in [2.75, 3.05) is 0 Å². The monoisotopic (exact) mass is 166 g/mol. The van der Waals surface area contributed by atoms with Gasteiger partial charge in [0.05, 0.1) is 0 Å². The van der Waals surface area contributed by atoms with E-state index in [1.807, 2.05) is 0 Å². The lowest BCUT2D eigenvalue weighted by Crippen LogP contribution is -2.17. The largest absolute Gasteiger partial charge is 0.249 e. The van der Waals surface area contributed by atoms with Crippen molar-refractivity contribution in [2.24, 2.45) is 0 Å². The molecule has 2 unspecified atom stereocenters. The van der Waals surface area contributed by atoms with Gasteiger partial charge in [0.2, 0.25) is 12.6 Å². The Morgan fingerprint density at radius 1 is 1.00 bits per heavy atom. The van der Waals surface area contributed by atoms with Crippen LogP contribution in [-0.4, -0.2) is 23.1 Å². The molecule has 6 nitrogen and oxygen atoms in total. The van der Waals surface area contributed by atoms with Gasteiger partial charge in [-0.3, -0.25) is 0 Å². The minimum absolute atomic E-state index is 0.496. The fraction of sp³-hybridized carbons (Fsp3) is 1.00. The first-order valence-corrected chi connectivity index (χ1v) is 3.29. The maximum absolute atomic E-state index is 8.17. The van der Waals surface area contributed by atoms with Crippen molar-refractivity contribution < 1.29 is 30.1 Å². The fourth-order valence-corrected chi connectivity index (χ4v) is 0.812. The molecule has 2 N–H and O–H groups in total. The standard InChI is InChI=1S/C5H10O6/c6-8-4-2-1-3-5(9-7)11-10-4/h4-7H,1-3H2. The van der Waals surface area contributed by atoms with E-state index in [1.165, 1.54) is 0 Å². The summed E-state index contributed by atoms with van der Waals surface area (Å²) < 4.78 is 0. The van der Waals surface area contributed by atoms with Crippen molar-refractivity contribution in [3.8, 4) is 0 Å². The molecule has 1 fully saturated rings. The molecule has 1 saturated heterocycles. The second-order valence-electron chi connectivity index (χ2n) is 2.19. The molecule has 2 atom stereocenters. The zero-order valence-electron chi connectivity index (χ0n) is 5.80. The molecule has 0 aliphatic carbocycles. The van der Waals surface area contributed by atoms with Crippen LogP contribution in [0.1, 0.15) is 19.3 Å². The summed E-state index contributed by atoms with van der Waals surface area (Å²) in [4.78, 5) is 16.8. The summed E-state index contributed by atoms with van der Waals surface area (Å²) in [6.07, 6.45) is 0.0775. The molecule has 0 radical (unpaired) electrons. The Kier molecular flexibility index (Phi) is 3.70. The predicted octanol–water partition coefficient (Wildman–Crippen LogP) is 0.750. The summed E-state index contributed by atoms with van der Waals surface area (Å²) in [6, 6.07) is 0. The molecule has 0 aromatic carbocycles. The molecule has 1 heterocycles. The SMILES string of the molecule is OOC1CCCC(OO)OO1. The summed E-state index contributed by atoms with van der Waals surface area (Å²) in [7, 11) is 0. The van der Waals surface area contributed by atoms with Gasteiger partial charge >= 0.3 is 0 Å². The maximum Gasteiger partial charge on any atom is 0.224 e. The summed E-state index contributed by atoms with van der Waals surface area (Å²) in [6.45, 7) is 0. The maximum atomic E-state index is 8.17. The normalized spacial score (nSPS) is 33.3. The molecule has 1 rings (SSSR count). The molecule has 0 aromatic rings. The quantitative estimate of drug-likeness (QED) is 0.465. The van der Waals surface area contributed by atoms with Gasteiger partial charge in [-0.2, -0.15) is 9.78 Å². The fourth-order valence-electron chi connectivity index (χ4n) is 0.812. The molecule has 11 heavy (non-hydrogen) atoms. The minimum atomic E-state index is -0.796. The molecule has 0 saturated carbocycles. The van der Waals surface area contributed by atoms with Gasteiger partial charge < -0.3 is 0 Å². The second kappa shape index (κ2) is 4.60. The van der Waals surface area contributed by atoms with Gasteiger partial charge in [-0.25, -0.2) is 20.3 Å². The Hall–Kier alpha value is -0.240. The Labute approximate surface area is 63.0 Å². The summed E-state index contributed by atoms with van der Waals surface area (Å²) in [5.74, 6) is 0. The van der Waals surface area contributed by atoms with E-state index in [1.54, 1.807) is 0 Å². The number of hydrogen-bond donors (Lipinski definition) is 2. The van der Waals surface area contributed by atoms with Crippen molar-refractivity contribution in [1.82, 2.24) is 0 Å². The highest BCUT2D eigenvalue weighted by atomic mass is 17.3. The van der Waals surface area contributed by atoms with Gasteiger partial charge in [-0.1, -0.05) is 0 Å². The van der Waals surface area contributed by atoms with Gasteiger partial charge in [0.25, 0.3) is 0 Å². The van der Waals surface area contributed by atoms with Crippen LogP contribution in [0.3, 0.4) is 0 Å².